The molecule has 0 bridgehead atoms. The summed E-state index contributed by atoms with van der Waals surface area (Å²) in [6.45, 7) is 1.96. The van der Waals surface area contributed by atoms with E-state index in [-0.39, 0.29) is 6.03 Å². The Morgan fingerprint density at radius 1 is 0.944 bits per heavy atom. The highest BCUT2D eigenvalue weighted by atomic mass is 127. The van der Waals surface area contributed by atoms with Crippen molar-refractivity contribution in [1.29, 1.82) is 0 Å². The van der Waals surface area contributed by atoms with Gasteiger partial charge in [-0.25, -0.2) is 4.79 Å². The van der Waals surface area contributed by atoms with Crippen LogP contribution in [0.1, 0.15) is 5.56 Å². The SMILES string of the molecule is Cc1ccccc1NC(=O)Nc1ccccc1I. The summed E-state index contributed by atoms with van der Waals surface area (Å²) >= 11 is 2.19. The van der Waals surface area contributed by atoms with E-state index in [4.69, 9.17) is 0 Å². The molecule has 0 aromatic heterocycles. The Labute approximate surface area is 120 Å². The lowest BCUT2D eigenvalue weighted by Gasteiger charge is -2.10. The Kier molecular flexibility index (Phi) is 4.19. The van der Waals surface area contributed by atoms with E-state index < -0.39 is 0 Å². The molecule has 0 aliphatic heterocycles. The molecule has 18 heavy (non-hydrogen) atoms. The van der Waals surface area contributed by atoms with Gasteiger partial charge in [0, 0.05) is 9.26 Å². The summed E-state index contributed by atoms with van der Waals surface area (Å²) in [7, 11) is 0. The summed E-state index contributed by atoms with van der Waals surface area (Å²) in [6, 6.07) is 15.1. The number of anilines is 2. The van der Waals surface area contributed by atoms with Crippen molar-refractivity contribution in [3.63, 3.8) is 0 Å². The van der Waals surface area contributed by atoms with Crippen LogP contribution in [0.25, 0.3) is 0 Å². The quantitative estimate of drug-likeness (QED) is 0.780. The highest BCUT2D eigenvalue weighted by molar-refractivity contribution is 14.1. The monoisotopic (exact) mass is 352 g/mol. The van der Waals surface area contributed by atoms with Crippen LogP contribution in [0.3, 0.4) is 0 Å². The fourth-order valence-corrected chi connectivity index (χ4v) is 2.07. The molecule has 0 atom stereocenters. The molecule has 0 aliphatic carbocycles. The fraction of sp³-hybridized carbons (Fsp3) is 0.0714. The van der Waals surface area contributed by atoms with Crippen molar-refractivity contribution < 1.29 is 4.79 Å². The zero-order chi connectivity index (χ0) is 13.0. The van der Waals surface area contributed by atoms with Gasteiger partial charge in [0.1, 0.15) is 0 Å². The Balaban J connectivity index is 2.06. The molecule has 2 aromatic rings. The van der Waals surface area contributed by atoms with E-state index in [1.165, 1.54) is 0 Å². The first kappa shape index (κ1) is 12.9. The number of urea groups is 1. The molecule has 2 aromatic carbocycles. The summed E-state index contributed by atoms with van der Waals surface area (Å²) in [4.78, 5) is 11.9. The van der Waals surface area contributed by atoms with Crippen molar-refractivity contribution in [2.24, 2.45) is 0 Å². The van der Waals surface area contributed by atoms with Crippen LogP contribution in [-0.4, -0.2) is 6.03 Å². The first-order valence-corrected chi connectivity index (χ1v) is 6.63. The van der Waals surface area contributed by atoms with Gasteiger partial charge in [-0.2, -0.15) is 0 Å². The Morgan fingerprint density at radius 2 is 1.50 bits per heavy atom. The summed E-state index contributed by atoms with van der Waals surface area (Å²) in [5.74, 6) is 0. The maximum Gasteiger partial charge on any atom is 0.323 e. The molecular weight excluding hydrogens is 339 g/mol. The molecule has 0 saturated carbocycles. The number of halogens is 1. The smallest absolute Gasteiger partial charge is 0.307 e. The number of benzene rings is 2. The van der Waals surface area contributed by atoms with Gasteiger partial charge in [-0.3, -0.25) is 0 Å². The van der Waals surface area contributed by atoms with Crippen molar-refractivity contribution >= 4 is 40.0 Å². The summed E-state index contributed by atoms with van der Waals surface area (Å²) < 4.78 is 1.01. The second-order valence-electron chi connectivity index (χ2n) is 3.87. The van der Waals surface area contributed by atoms with Gasteiger partial charge in [0.2, 0.25) is 0 Å². The van der Waals surface area contributed by atoms with E-state index in [1.807, 2.05) is 55.5 Å². The van der Waals surface area contributed by atoms with Crippen molar-refractivity contribution in [3.05, 3.63) is 57.7 Å². The van der Waals surface area contributed by atoms with Crippen molar-refractivity contribution in [1.82, 2.24) is 0 Å². The molecule has 0 unspecified atom stereocenters. The third kappa shape index (κ3) is 3.22. The Morgan fingerprint density at radius 3 is 2.17 bits per heavy atom. The first-order valence-electron chi connectivity index (χ1n) is 5.55. The number of hydrogen-bond donors (Lipinski definition) is 2. The number of carbonyl (C=O) groups excluding carboxylic acids is 1. The van der Waals surface area contributed by atoms with Gasteiger partial charge in [0.15, 0.2) is 0 Å². The molecule has 3 nitrogen and oxygen atoms in total. The van der Waals surface area contributed by atoms with Crippen LogP contribution in [0.4, 0.5) is 16.2 Å². The third-order valence-corrected chi connectivity index (χ3v) is 3.46. The number of nitrogens with one attached hydrogen (secondary N) is 2. The topological polar surface area (TPSA) is 41.1 Å². The van der Waals surface area contributed by atoms with Crippen LogP contribution in [0, 0.1) is 10.5 Å². The molecular formula is C14H13IN2O. The summed E-state index contributed by atoms with van der Waals surface area (Å²) in [5.41, 5.74) is 2.67. The molecule has 0 saturated heterocycles. The normalized spacial score (nSPS) is 9.89. The Bertz CT molecular complexity index is 520. The molecule has 2 amide bonds. The van der Waals surface area contributed by atoms with E-state index in [0.717, 1.165) is 20.5 Å². The predicted molar refractivity (Wildman–Crippen MR) is 83.0 cm³/mol. The zero-order valence-electron chi connectivity index (χ0n) is 9.91. The van der Waals surface area contributed by atoms with Crippen LogP contribution >= 0.6 is 22.6 Å². The minimum absolute atomic E-state index is 0.228. The number of rotatable bonds is 2. The van der Waals surface area contributed by atoms with E-state index >= 15 is 0 Å². The number of aryl methyl sites for hydroxylation is 1. The van der Waals surface area contributed by atoms with Crippen molar-refractivity contribution in [2.75, 3.05) is 10.6 Å². The van der Waals surface area contributed by atoms with Crippen molar-refractivity contribution in [3.8, 4) is 0 Å². The van der Waals surface area contributed by atoms with E-state index in [2.05, 4.69) is 33.2 Å². The highest BCUT2D eigenvalue weighted by Gasteiger charge is 2.05. The molecule has 4 heteroatoms. The largest absolute Gasteiger partial charge is 0.323 e. The lowest BCUT2D eigenvalue weighted by molar-refractivity contribution is 0.262. The lowest BCUT2D eigenvalue weighted by Crippen LogP contribution is -2.20. The number of hydrogen-bond acceptors (Lipinski definition) is 1. The number of amides is 2. The van der Waals surface area contributed by atoms with Gasteiger partial charge in [0.05, 0.1) is 5.69 Å². The molecule has 0 fully saturated rings. The Hall–Kier alpha value is -1.56. The van der Waals surface area contributed by atoms with Gasteiger partial charge >= 0.3 is 6.03 Å². The van der Waals surface area contributed by atoms with Crippen molar-refractivity contribution in [2.45, 2.75) is 6.92 Å². The van der Waals surface area contributed by atoms with Crippen LogP contribution in [-0.2, 0) is 0 Å². The summed E-state index contributed by atoms with van der Waals surface area (Å²) in [6.07, 6.45) is 0. The molecule has 0 heterocycles. The average molecular weight is 352 g/mol. The van der Waals surface area contributed by atoms with Crippen LogP contribution in [0.5, 0.6) is 0 Å². The van der Waals surface area contributed by atoms with E-state index in [0.29, 0.717) is 0 Å². The molecule has 2 rings (SSSR count). The molecule has 92 valence electrons. The van der Waals surface area contributed by atoms with Crippen LogP contribution < -0.4 is 10.6 Å². The minimum Gasteiger partial charge on any atom is -0.307 e. The standard InChI is InChI=1S/C14H13IN2O/c1-10-6-2-4-8-12(10)16-14(18)17-13-9-5-3-7-11(13)15/h2-9H,1H3,(H2,16,17,18). The molecule has 2 N–H and O–H groups in total. The average Bonchev–Trinajstić information content (AvgIpc) is 2.35. The molecule has 0 aliphatic rings. The number of carbonyl (C=O) groups is 1. The van der Waals surface area contributed by atoms with Gasteiger partial charge in [0.25, 0.3) is 0 Å². The highest BCUT2D eigenvalue weighted by Crippen LogP contribution is 2.18. The van der Waals surface area contributed by atoms with Gasteiger partial charge < -0.3 is 10.6 Å². The molecule has 0 radical (unpaired) electrons. The van der Waals surface area contributed by atoms with Gasteiger partial charge in [-0.15, -0.1) is 0 Å². The van der Waals surface area contributed by atoms with Gasteiger partial charge in [-0.1, -0.05) is 30.3 Å². The lowest BCUT2D eigenvalue weighted by atomic mass is 10.2. The number of para-hydroxylation sites is 2. The van der Waals surface area contributed by atoms with E-state index in [9.17, 15) is 4.79 Å². The second kappa shape index (κ2) is 5.86. The van der Waals surface area contributed by atoms with Crippen LogP contribution in [0.15, 0.2) is 48.5 Å². The predicted octanol–water partition coefficient (Wildman–Crippen LogP) is 4.24. The maximum absolute atomic E-state index is 11.9. The zero-order valence-corrected chi connectivity index (χ0v) is 12.1. The maximum atomic E-state index is 11.9. The first-order chi connectivity index (χ1) is 8.66. The second-order valence-corrected chi connectivity index (χ2v) is 5.04. The fourth-order valence-electron chi connectivity index (χ4n) is 1.55. The minimum atomic E-state index is -0.228. The van der Waals surface area contributed by atoms with Gasteiger partial charge in [-0.05, 0) is 53.3 Å². The molecule has 0 spiro atoms. The third-order valence-electron chi connectivity index (χ3n) is 2.52. The van der Waals surface area contributed by atoms with Crippen LogP contribution in [0.2, 0.25) is 0 Å². The van der Waals surface area contributed by atoms with E-state index in [1.54, 1.807) is 0 Å². The summed E-state index contributed by atoms with van der Waals surface area (Å²) in [5, 5.41) is 5.66.